The second-order valence-electron chi connectivity index (χ2n) is 25.4. The van der Waals surface area contributed by atoms with Crippen molar-refractivity contribution in [1.29, 1.82) is 0 Å². The molecule has 0 fully saturated rings. The van der Waals surface area contributed by atoms with Crippen LogP contribution in [0.5, 0.6) is 0 Å². The molecule has 0 heterocycles. The number of carbonyl (C=O) groups excluding carboxylic acids is 10. The summed E-state index contributed by atoms with van der Waals surface area (Å²) < 4.78 is 11.6. The number of aliphatic hydroxyl groups is 1. The highest BCUT2D eigenvalue weighted by Gasteiger charge is 2.29. The number of carboxylic acid groups (broad SMARTS) is 2. The van der Waals surface area contributed by atoms with Gasteiger partial charge < -0.3 is 67.3 Å². The second kappa shape index (κ2) is 61.3. The van der Waals surface area contributed by atoms with E-state index in [0.717, 1.165) is 71.1 Å². The summed E-state index contributed by atoms with van der Waals surface area (Å²) in [6, 6.07) is -5.96. The lowest BCUT2D eigenvalue weighted by atomic mass is 10.0. The van der Waals surface area contributed by atoms with Crippen molar-refractivity contribution in [1.82, 2.24) is 42.5 Å². The van der Waals surface area contributed by atoms with Gasteiger partial charge in [-0.25, -0.2) is 4.79 Å². The third-order valence-corrected chi connectivity index (χ3v) is 17.5. The molecular weight excluding hydrogens is 1260 g/mol. The lowest BCUT2D eigenvalue weighted by Crippen LogP contribution is -2.55. The maximum Gasteiger partial charge on any atom is 0.328 e. The Balaban J connectivity index is 5.71. The summed E-state index contributed by atoms with van der Waals surface area (Å²) in [5.41, 5.74) is 0. The molecule has 11 N–H and O–H groups in total. The molecule has 6 atom stereocenters. The van der Waals surface area contributed by atoms with Crippen molar-refractivity contribution in [3.8, 4) is 0 Å². The minimum Gasteiger partial charge on any atom is -0.481 e. The van der Waals surface area contributed by atoms with Gasteiger partial charge in [0.2, 0.25) is 47.3 Å². The fourth-order valence-electron chi connectivity index (χ4n) is 10.4. The monoisotopic (exact) mass is 1380 g/mol. The molecule has 0 aromatic rings. The number of rotatable bonds is 65. The molecule has 8 amide bonds. The number of carbonyl (C=O) groups is 12. The SMILES string of the molecule is CCCCCCCCCCCCCCCC(=O)OC[C@H](CSC[C@@H](NC(=O)CCCCCCCCCCCC)C(=O)NCC(=O)NCC(=O)NCC(=O)N[C@H](CC(=O)O)C(=O)N[C@@H](C)C(=O)NCC(=O)N[C@H](C(=O)O)[C@@H](C)O)OC(=O)CCCCCCCCCCCCCCC. The Hall–Kier alpha value is -6.05. The van der Waals surface area contributed by atoms with Crippen LogP contribution >= 0.6 is 11.8 Å². The molecule has 0 spiro atoms. The topological polar surface area (TPSA) is 380 Å². The predicted molar refractivity (Wildman–Crippen MR) is 372 cm³/mol. The van der Waals surface area contributed by atoms with Crippen molar-refractivity contribution < 1.29 is 82.3 Å². The normalized spacial score (nSPS) is 12.9. The number of hydrogen-bond donors (Lipinski definition) is 11. The molecule has 0 rings (SSSR count). The van der Waals surface area contributed by atoms with Crippen molar-refractivity contribution in [2.24, 2.45) is 0 Å². The lowest BCUT2D eigenvalue weighted by molar-refractivity contribution is -0.157. The van der Waals surface area contributed by atoms with Gasteiger partial charge in [-0.2, -0.15) is 11.8 Å². The molecule has 25 nitrogen and oxygen atoms in total. The van der Waals surface area contributed by atoms with Crippen LogP contribution in [0.4, 0.5) is 0 Å². The Bertz CT molecular complexity index is 2190. The van der Waals surface area contributed by atoms with E-state index >= 15 is 0 Å². The highest BCUT2D eigenvalue weighted by Crippen LogP contribution is 2.18. The molecule has 0 radical (unpaired) electrons. The Morgan fingerprint density at radius 3 is 1.17 bits per heavy atom. The zero-order valence-electron chi connectivity index (χ0n) is 59.2. The highest BCUT2D eigenvalue weighted by atomic mass is 32.2. The summed E-state index contributed by atoms with van der Waals surface area (Å²) in [4.78, 5) is 152. The van der Waals surface area contributed by atoms with Gasteiger partial charge in [0.1, 0.15) is 30.8 Å². The number of ether oxygens (including phenoxy) is 2. The first kappa shape index (κ1) is 90.0. The summed E-state index contributed by atoms with van der Waals surface area (Å²) in [6.07, 6.45) is 38.3. The van der Waals surface area contributed by atoms with Crippen LogP contribution in [0.3, 0.4) is 0 Å². The molecule has 0 saturated heterocycles. The third-order valence-electron chi connectivity index (χ3n) is 16.3. The van der Waals surface area contributed by atoms with Gasteiger partial charge in [-0.15, -0.1) is 0 Å². The molecule has 0 aromatic carbocycles. The summed E-state index contributed by atoms with van der Waals surface area (Å²) in [5.74, 6) is -10.6. The largest absolute Gasteiger partial charge is 0.481 e. The standard InChI is InChI=1S/C70H126N8O17S/c1-6-9-12-15-18-21-24-26-28-31-34-37-40-43-64(87)94-50-55(95-65(88)44-41-38-35-32-29-27-25-22-19-16-13-10-7-2)51-96-52-57(77-58(80)42-39-36-33-30-23-20-17-14-11-8-3)68(90)74-47-60(82)71-46-59(81)72-48-61(83)76-56(45-63(85)86)69(91)75-53(4)67(89)73-49-62(84)78-66(54(5)79)70(92)93/h53-57,66,79H,6-52H2,1-5H3,(H,71,82)(H,72,81)(H,73,89)(H,74,90)(H,75,91)(H,76,83)(H,77,80)(H,78,84)(H,85,86)(H,92,93)/t53-,54+,55+,56+,57+,66-/m0/s1. The fourth-order valence-corrected chi connectivity index (χ4v) is 11.5. The van der Waals surface area contributed by atoms with Crippen LogP contribution in [0, 0.1) is 0 Å². The predicted octanol–water partition coefficient (Wildman–Crippen LogP) is 8.81. The van der Waals surface area contributed by atoms with Gasteiger partial charge >= 0.3 is 23.9 Å². The van der Waals surface area contributed by atoms with E-state index in [-0.39, 0.29) is 49.3 Å². The Morgan fingerprint density at radius 1 is 0.375 bits per heavy atom. The van der Waals surface area contributed by atoms with E-state index in [9.17, 15) is 67.7 Å². The first-order chi connectivity index (χ1) is 46.1. The van der Waals surface area contributed by atoms with E-state index < -0.39 is 128 Å². The van der Waals surface area contributed by atoms with Crippen molar-refractivity contribution in [3.63, 3.8) is 0 Å². The zero-order valence-corrected chi connectivity index (χ0v) is 60.0. The van der Waals surface area contributed by atoms with Gasteiger partial charge in [0.05, 0.1) is 38.7 Å². The maximum atomic E-state index is 13.8. The molecule has 26 heteroatoms. The third kappa shape index (κ3) is 54.0. The summed E-state index contributed by atoms with van der Waals surface area (Å²) in [7, 11) is 0. The molecule has 0 bridgehead atoms. The second-order valence-corrected chi connectivity index (χ2v) is 26.5. The Labute approximate surface area is 577 Å². The van der Waals surface area contributed by atoms with Crippen molar-refractivity contribution in [3.05, 3.63) is 0 Å². The number of thioether (sulfide) groups is 1. The van der Waals surface area contributed by atoms with Gasteiger partial charge in [0, 0.05) is 30.8 Å². The van der Waals surface area contributed by atoms with Crippen molar-refractivity contribution >= 4 is 82.9 Å². The molecule has 0 aliphatic heterocycles. The van der Waals surface area contributed by atoms with Crippen LogP contribution in [0.15, 0.2) is 0 Å². The number of aliphatic carboxylic acids is 2. The summed E-state index contributed by atoms with van der Waals surface area (Å²) in [5, 5.41) is 46.4. The van der Waals surface area contributed by atoms with E-state index in [1.54, 1.807) is 0 Å². The van der Waals surface area contributed by atoms with Gasteiger partial charge in [0.15, 0.2) is 6.04 Å². The number of nitrogens with one attached hydrogen (secondary N) is 8. The van der Waals surface area contributed by atoms with Crippen LogP contribution in [-0.4, -0.2) is 167 Å². The lowest BCUT2D eigenvalue weighted by Gasteiger charge is -2.21. The highest BCUT2D eigenvalue weighted by molar-refractivity contribution is 7.99. The van der Waals surface area contributed by atoms with Crippen LogP contribution in [0.25, 0.3) is 0 Å². The molecule has 0 aliphatic carbocycles. The van der Waals surface area contributed by atoms with Gasteiger partial charge in [-0.05, 0) is 33.1 Å². The van der Waals surface area contributed by atoms with Crippen LogP contribution in [0.1, 0.15) is 291 Å². The average Bonchev–Trinajstić information content (AvgIpc) is 2.31. The molecule has 554 valence electrons. The van der Waals surface area contributed by atoms with E-state index in [2.05, 4.69) is 58.0 Å². The van der Waals surface area contributed by atoms with Crippen molar-refractivity contribution in [2.45, 2.75) is 328 Å². The molecule has 0 unspecified atom stereocenters. The summed E-state index contributed by atoms with van der Waals surface area (Å²) >= 11 is 1.21. The quantitative estimate of drug-likeness (QED) is 0.0200. The first-order valence-electron chi connectivity index (χ1n) is 36.5. The van der Waals surface area contributed by atoms with Gasteiger partial charge in [-0.3, -0.25) is 52.7 Å². The van der Waals surface area contributed by atoms with E-state index in [1.165, 1.54) is 166 Å². The van der Waals surface area contributed by atoms with E-state index in [4.69, 9.17) is 14.6 Å². The zero-order chi connectivity index (χ0) is 71.4. The number of amides is 8. The number of carboxylic acids is 2. The summed E-state index contributed by atoms with van der Waals surface area (Å²) in [6.45, 7) is 5.93. The first-order valence-corrected chi connectivity index (χ1v) is 37.6. The number of hydrogen-bond acceptors (Lipinski definition) is 16. The minimum absolute atomic E-state index is 0.00491. The van der Waals surface area contributed by atoms with Crippen molar-refractivity contribution in [2.75, 3.05) is 44.3 Å². The minimum atomic E-state index is -1.75. The Morgan fingerprint density at radius 2 is 0.740 bits per heavy atom. The van der Waals surface area contributed by atoms with E-state index in [1.807, 2.05) is 5.32 Å². The van der Waals surface area contributed by atoms with Crippen LogP contribution in [0.2, 0.25) is 0 Å². The molecule has 0 saturated carbocycles. The number of unbranched alkanes of at least 4 members (excludes halogenated alkanes) is 33. The average molecular weight is 1380 g/mol. The maximum absolute atomic E-state index is 13.8. The number of esters is 2. The van der Waals surface area contributed by atoms with Gasteiger partial charge in [0.25, 0.3) is 0 Å². The number of aliphatic hydroxyl groups excluding tert-OH is 1. The fraction of sp³-hybridized carbons (Fsp3) is 0.829. The van der Waals surface area contributed by atoms with Crippen LogP contribution < -0.4 is 42.5 Å². The molecule has 96 heavy (non-hydrogen) atoms. The van der Waals surface area contributed by atoms with Crippen LogP contribution in [-0.2, 0) is 67.0 Å². The Kier molecular flexibility index (Phi) is 57.4. The molecular formula is C70H126N8O17S. The van der Waals surface area contributed by atoms with E-state index in [0.29, 0.717) is 19.3 Å². The smallest absolute Gasteiger partial charge is 0.328 e. The molecule has 0 aliphatic rings. The molecule has 0 aromatic heterocycles. The van der Waals surface area contributed by atoms with Gasteiger partial charge in [-0.1, -0.05) is 233 Å².